The van der Waals surface area contributed by atoms with Gasteiger partial charge in [0, 0.05) is 30.4 Å². The zero-order chi connectivity index (χ0) is 19.9. The Morgan fingerprint density at radius 1 is 1.00 bits per heavy atom. The lowest BCUT2D eigenvalue weighted by atomic mass is 9.66. The smallest absolute Gasteiger partial charge is 0.227 e. The molecule has 2 aromatic rings. The largest absolute Gasteiger partial charge is 0.355 e. The Morgan fingerprint density at radius 3 is 2.38 bits per heavy atom. The Hall–Kier alpha value is -1.72. The average Bonchev–Trinajstić information content (AvgIpc) is 3.40. The number of hydrogen-bond acceptors (Lipinski definition) is 3. The molecule has 0 radical (unpaired) electrons. The molecule has 1 amide bonds. The molecular weight excluding hydrogens is 383 g/mol. The van der Waals surface area contributed by atoms with E-state index in [9.17, 15) is 9.18 Å². The van der Waals surface area contributed by atoms with Crippen LogP contribution in [0.2, 0.25) is 0 Å². The number of carbonyl (C=O) groups excluding carboxylic acids is 1. The highest BCUT2D eigenvalue weighted by Crippen LogP contribution is 2.52. The summed E-state index contributed by atoms with van der Waals surface area (Å²) in [4.78, 5) is 17.2. The first-order chi connectivity index (χ1) is 14.1. The first kappa shape index (κ1) is 19.3. The number of amides is 1. The third kappa shape index (κ3) is 3.14. The molecule has 2 aliphatic heterocycles. The Morgan fingerprint density at radius 2 is 1.72 bits per heavy atom. The van der Waals surface area contributed by atoms with Crippen LogP contribution in [0.15, 0.2) is 41.8 Å². The minimum Gasteiger partial charge on any atom is -0.355 e. The topological polar surface area (TPSA) is 32.3 Å². The van der Waals surface area contributed by atoms with E-state index in [1.165, 1.54) is 49.1 Å². The third-order valence-corrected chi connectivity index (χ3v) is 8.84. The van der Waals surface area contributed by atoms with Gasteiger partial charge in [-0.05, 0) is 54.8 Å². The summed E-state index contributed by atoms with van der Waals surface area (Å²) in [5, 5.41) is 5.33. The SMILES string of the molecule is O=C1NCC(c2ccc(F)cc2)C12CCN(C1(c3cccs3)CCCCC1)CC2. The second-order valence-electron chi connectivity index (χ2n) is 9.03. The molecule has 5 heteroatoms. The molecule has 0 bridgehead atoms. The summed E-state index contributed by atoms with van der Waals surface area (Å²) in [6.07, 6.45) is 8.14. The number of likely N-dealkylation sites (tertiary alicyclic amines) is 1. The van der Waals surface area contributed by atoms with Gasteiger partial charge in [0.2, 0.25) is 5.91 Å². The molecule has 3 fully saturated rings. The van der Waals surface area contributed by atoms with E-state index in [2.05, 4.69) is 27.7 Å². The second kappa shape index (κ2) is 7.51. The lowest BCUT2D eigenvalue weighted by Crippen LogP contribution is -2.54. The molecule has 1 aliphatic carbocycles. The van der Waals surface area contributed by atoms with E-state index in [0.29, 0.717) is 6.54 Å². The van der Waals surface area contributed by atoms with Crippen molar-refractivity contribution in [3.05, 3.63) is 58.0 Å². The molecule has 1 spiro atoms. The van der Waals surface area contributed by atoms with E-state index in [4.69, 9.17) is 0 Å². The fourth-order valence-electron chi connectivity index (χ4n) is 6.16. The minimum atomic E-state index is -0.348. The number of halogens is 1. The van der Waals surface area contributed by atoms with E-state index >= 15 is 0 Å². The van der Waals surface area contributed by atoms with Gasteiger partial charge in [0.15, 0.2) is 0 Å². The van der Waals surface area contributed by atoms with Gasteiger partial charge in [-0.15, -0.1) is 11.3 Å². The molecule has 1 aromatic heterocycles. The van der Waals surface area contributed by atoms with Crippen molar-refractivity contribution in [1.29, 1.82) is 0 Å². The number of nitrogens with zero attached hydrogens (tertiary/aromatic N) is 1. The summed E-state index contributed by atoms with van der Waals surface area (Å²) >= 11 is 1.89. The zero-order valence-corrected chi connectivity index (χ0v) is 17.6. The maximum atomic E-state index is 13.4. The molecule has 1 unspecified atom stereocenters. The summed E-state index contributed by atoms with van der Waals surface area (Å²) < 4.78 is 13.4. The molecule has 1 atom stereocenters. The molecule has 29 heavy (non-hydrogen) atoms. The first-order valence-corrected chi connectivity index (χ1v) is 11.8. The lowest BCUT2D eigenvalue weighted by molar-refractivity contribution is -0.132. The average molecular weight is 413 g/mol. The summed E-state index contributed by atoms with van der Waals surface area (Å²) in [7, 11) is 0. The van der Waals surface area contributed by atoms with Crippen LogP contribution in [0, 0.1) is 11.2 Å². The molecule has 3 nitrogen and oxygen atoms in total. The monoisotopic (exact) mass is 412 g/mol. The van der Waals surface area contributed by atoms with Gasteiger partial charge < -0.3 is 5.32 Å². The molecule has 3 aliphatic rings. The highest BCUT2D eigenvalue weighted by molar-refractivity contribution is 7.10. The van der Waals surface area contributed by atoms with Crippen LogP contribution in [-0.2, 0) is 10.3 Å². The standard InChI is InChI=1S/C24H29FN2OS/c25-19-8-6-18(7-9-19)20-17-26-22(28)23(20)12-14-27(15-13-23)24(10-2-1-3-11-24)21-5-4-16-29-21/h4-9,16,20H,1-3,10-15,17H2,(H,26,28). The highest BCUT2D eigenvalue weighted by Gasteiger charge is 2.54. The number of hydrogen-bond donors (Lipinski definition) is 1. The van der Waals surface area contributed by atoms with E-state index in [1.54, 1.807) is 0 Å². The van der Waals surface area contributed by atoms with E-state index in [-0.39, 0.29) is 28.6 Å². The summed E-state index contributed by atoms with van der Waals surface area (Å²) in [6.45, 7) is 2.59. The van der Waals surface area contributed by atoms with Gasteiger partial charge in [-0.25, -0.2) is 4.39 Å². The molecule has 1 N–H and O–H groups in total. The van der Waals surface area contributed by atoms with Crippen molar-refractivity contribution in [2.75, 3.05) is 19.6 Å². The van der Waals surface area contributed by atoms with Gasteiger partial charge >= 0.3 is 0 Å². The molecule has 2 saturated heterocycles. The number of nitrogens with one attached hydrogen (secondary N) is 1. The van der Waals surface area contributed by atoms with Crippen molar-refractivity contribution in [1.82, 2.24) is 10.2 Å². The van der Waals surface area contributed by atoms with Crippen LogP contribution in [0.25, 0.3) is 0 Å². The maximum Gasteiger partial charge on any atom is 0.227 e. The van der Waals surface area contributed by atoms with Crippen LogP contribution in [0.4, 0.5) is 4.39 Å². The van der Waals surface area contributed by atoms with Crippen LogP contribution >= 0.6 is 11.3 Å². The predicted molar refractivity (Wildman–Crippen MR) is 114 cm³/mol. The molecule has 3 heterocycles. The van der Waals surface area contributed by atoms with Gasteiger partial charge in [-0.2, -0.15) is 0 Å². The number of benzene rings is 1. The van der Waals surface area contributed by atoms with Crippen molar-refractivity contribution >= 4 is 17.2 Å². The predicted octanol–water partition coefficient (Wildman–Crippen LogP) is 5.04. The fourth-order valence-corrected chi connectivity index (χ4v) is 7.18. The highest BCUT2D eigenvalue weighted by atomic mass is 32.1. The van der Waals surface area contributed by atoms with E-state index in [0.717, 1.165) is 31.5 Å². The van der Waals surface area contributed by atoms with Crippen LogP contribution in [0.5, 0.6) is 0 Å². The quantitative estimate of drug-likeness (QED) is 0.766. The summed E-state index contributed by atoms with van der Waals surface area (Å²) in [6, 6.07) is 11.3. The number of rotatable bonds is 3. The van der Waals surface area contributed by atoms with Crippen LogP contribution in [-0.4, -0.2) is 30.4 Å². The van der Waals surface area contributed by atoms with Crippen molar-refractivity contribution in [3.8, 4) is 0 Å². The van der Waals surface area contributed by atoms with E-state index < -0.39 is 0 Å². The summed E-state index contributed by atoms with van der Waals surface area (Å²) in [5.74, 6) is 0.118. The molecular formula is C24H29FN2OS. The van der Waals surface area contributed by atoms with Gasteiger partial charge in [0.1, 0.15) is 5.82 Å². The van der Waals surface area contributed by atoms with Gasteiger partial charge in [-0.3, -0.25) is 9.69 Å². The summed E-state index contributed by atoms with van der Waals surface area (Å²) in [5.41, 5.74) is 0.900. The zero-order valence-electron chi connectivity index (χ0n) is 16.8. The Kier molecular flexibility index (Phi) is 4.99. The van der Waals surface area contributed by atoms with Crippen molar-refractivity contribution in [3.63, 3.8) is 0 Å². The minimum absolute atomic E-state index is 0.141. The van der Waals surface area contributed by atoms with Crippen molar-refractivity contribution in [2.45, 2.75) is 56.4 Å². The Labute approximate surface area is 176 Å². The molecule has 5 rings (SSSR count). The lowest BCUT2D eigenvalue weighted by Gasteiger charge is -2.51. The normalized spacial score (nSPS) is 26.5. The first-order valence-electron chi connectivity index (χ1n) is 11.0. The van der Waals surface area contributed by atoms with Gasteiger partial charge in [0.25, 0.3) is 0 Å². The maximum absolute atomic E-state index is 13.4. The fraction of sp³-hybridized carbons (Fsp3) is 0.542. The Balaban J connectivity index is 1.40. The van der Waals surface area contributed by atoms with Gasteiger partial charge in [-0.1, -0.05) is 37.5 Å². The molecule has 1 aromatic carbocycles. The molecule has 154 valence electrons. The molecule has 1 saturated carbocycles. The third-order valence-electron chi connectivity index (χ3n) is 7.78. The van der Waals surface area contributed by atoms with Crippen LogP contribution in [0.1, 0.15) is 61.3 Å². The number of piperidine rings is 1. The van der Waals surface area contributed by atoms with Crippen molar-refractivity contribution in [2.24, 2.45) is 5.41 Å². The Bertz CT molecular complexity index is 850. The number of thiophene rings is 1. The number of carbonyl (C=O) groups is 1. The second-order valence-corrected chi connectivity index (χ2v) is 9.97. The van der Waals surface area contributed by atoms with Crippen LogP contribution < -0.4 is 5.32 Å². The van der Waals surface area contributed by atoms with Gasteiger partial charge in [0.05, 0.1) is 11.0 Å². The van der Waals surface area contributed by atoms with E-state index in [1.807, 2.05) is 23.5 Å². The van der Waals surface area contributed by atoms with Crippen LogP contribution in [0.3, 0.4) is 0 Å². The van der Waals surface area contributed by atoms with Crippen molar-refractivity contribution < 1.29 is 9.18 Å².